The number of esters is 3. The lowest BCUT2D eigenvalue weighted by Gasteiger charge is -2.23. The van der Waals surface area contributed by atoms with E-state index in [1.807, 2.05) is 30.3 Å². The molecule has 12 nitrogen and oxygen atoms in total. The predicted molar refractivity (Wildman–Crippen MR) is 130 cm³/mol. The molecule has 0 spiro atoms. The second-order valence-electron chi connectivity index (χ2n) is 8.58. The zero-order valence-corrected chi connectivity index (χ0v) is 21.0. The van der Waals surface area contributed by atoms with E-state index in [0.717, 1.165) is 12.0 Å². The second-order valence-corrected chi connectivity index (χ2v) is 8.58. The first-order valence-corrected chi connectivity index (χ1v) is 11.9. The second kappa shape index (κ2) is 11.3. The van der Waals surface area contributed by atoms with Crippen molar-refractivity contribution >= 4 is 34.9 Å². The van der Waals surface area contributed by atoms with Crippen LogP contribution in [0.2, 0.25) is 0 Å². The van der Waals surface area contributed by atoms with Gasteiger partial charge in [0.15, 0.2) is 35.4 Å². The summed E-state index contributed by atoms with van der Waals surface area (Å²) in [7, 11) is 0. The van der Waals surface area contributed by atoms with Crippen molar-refractivity contribution in [3.63, 3.8) is 0 Å². The van der Waals surface area contributed by atoms with E-state index in [1.165, 1.54) is 33.4 Å². The number of hydrogen-bond donors (Lipinski definition) is 1. The average molecular weight is 512 g/mol. The molecule has 1 aromatic carbocycles. The lowest BCUT2D eigenvalue weighted by atomic mass is 10.0. The molecule has 37 heavy (non-hydrogen) atoms. The number of carbonyl (C=O) groups excluding carboxylic acids is 3. The van der Waals surface area contributed by atoms with E-state index in [0.29, 0.717) is 17.0 Å². The van der Waals surface area contributed by atoms with Gasteiger partial charge >= 0.3 is 17.9 Å². The molecule has 4 unspecified atom stereocenters. The molecule has 0 aliphatic carbocycles. The fourth-order valence-corrected chi connectivity index (χ4v) is 4.33. The van der Waals surface area contributed by atoms with E-state index in [9.17, 15) is 14.4 Å². The number of benzene rings is 1. The summed E-state index contributed by atoms with van der Waals surface area (Å²) < 4.78 is 23.8. The summed E-state index contributed by atoms with van der Waals surface area (Å²) in [6.45, 7) is 5.59. The van der Waals surface area contributed by atoms with E-state index in [2.05, 4.69) is 27.2 Å². The first kappa shape index (κ1) is 26.0. The first-order valence-electron chi connectivity index (χ1n) is 11.9. The van der Waals surface area contributed by atoms with Crippen molar-refractivity contribution in [1.29, 1.82) is 0 Å². The Balaban J connectivity index is 1.69. The van der Waals surface area contributed by atoms with Crippen molar-refractivity contribution in [2.24, 2.45) is 0 Å². The Labute approximate surface area is 213 Å². The van der Waals surface area contributed by atoms with Gasteiger partial charge in [-0.25, -0.2) is 15.0 Å². The average Bonchev–Trinajstić information content (AvgIpc) is 3.43. The van der Waals surface area contributed by atoms with Gasteiger partial charge in [0.05, 0.1) is 12.4 Å². The van der Waals surface area contributed by atoms with Gasteiger partial charge in [-0.1, -0.05) is 37.3 Å². The van der Waals surface area contributed by atoms with Gasteiger partial charge in [0, 0.05) is 20.8 Å². The minimum atomic E-state index is -1.04. The van der Waals surface area contributed by atoms with Crippen LogP contribution in [-0.4, -0.2) is 62.3 Å². The molecule has 1 fully saturated rings. The largest absolute Gasteiger partial charge is 0.463 e. The highest BCUT2D eigenvalue weighted by molar-refractivity contribution is 5.83. The van der Waals surface area contributed by atoms with E-state index in [4.69, 9.17) is 18.9 Å². The van der Waals surface area contributed by atoms with E-state index >= 15 is 0 Å². The normalized spacial score (nSPS) is 21.8. The van der Waals surface area contributed by atoms with Gasteiger partial charge < -0.3 is 24.3 Å². The quantitative estimate of drug-likeness (QED) is 0.334. The van der Waals surface area contributed by atoms with Crippen LogP contribution < -0.4 is 5.32 Å². The molecule has 12 heteroatoms. The number of carbonyl (C=O) groups is 3. The van der Waals surface area contributed by atoms with Gasteiger partial charge in [0.2, 0.25) is 0 Å². The van der Waals surface area contributed by atoms with Crippen molar-refractivity contribution in [3.05, 3.63) is 48.5 Å². The summed E-state index contributed by atoms with van der Waals surface area (Å²) in [5.41, 5.74) is 1.99. The topological polar surface area (TPSA) is 144 Å². The highest BCUT2D eigenvalue weighted by atomic mass is 16.7. The maximum Gasteiger partial charge on any atom is 0.303 e. The lowest BCUT2D eigenvalue weighted by molar-refractivity contribution is -0.166. The predicted octanol–water partition coefficient (Wildman–Crippen LogP) is 2.71. The monoisotopic (exact) mass is 511 g/mol. The van der Waals surface area contributed by atoms with Crippen LogP contribution in [-0.2, 0) is 33.3 Å². The van der Waals surface area contributed by atoms with Gasteiger partial charge in [-0.15, -0.1) is 0 Å². The number of anilines is 1. The third-order valence-corrected chi connectivity index (χ3v) is 5.89. The molecule has 3 heterocycles. The summed E-state index contributed by atoms with van der Waals surface area (Å²) in [6, 6.07) is 9.96. The molecule has 196 valence electrons. The Morgan fingerprint density at radius 3 is 2.35 bits per heavy atom. The third-order valence-electron chi connectivity index (χ3n) is 5.89. The highest BCUT2D eigenvalue weighted by Gasteiger charge is 2.51. The molecule has 3 aromatic rings. The Hall–Kier alpha value is -4.06. The van der Waals surface area contributed by atoms with E-state index < -0.39 is 42.4 Å². The number of aromatic nitrogens is 4. The zero-order chi connectivity index (χ0) is 26.5. The van der Waals surface area contributed by atoms with Gasteiger partial charge in [-0.2, -0.15) is 0 Å². The van der Waals surface area contributed by atoms with Gasteiger partial charge in [-0.05, 0) is 12.0 Å². The molecular weight excluding hydrogens is 482 g/mol. The smallest absolute Gasteiger partial charge is 0.303 e. The molecular formula is C25H29N5O7. The highest BCUT2D eigenvalue weighted by Crippen LogP contribution is 2.36. The molecule has 0 amide bonds. The fourth-order valence-electron chi connectivity index (χ4n) is 4.33. The number of fused-ring (bicyclic) bond motifs is 1. The lowest BCUT2D eigenvalue weighted by Crippen LogP contribution is -2.40. The number of ether oxygens (including phenoxy) is 4. The minimum Gasteiger partial charge on any atom is -0.463 e. The maximum atomic E-state index is 12.0. The fraction of sp³-hybridized carbons (Fsp3) is 0.440. The van der Waals surface area contributed by atoms with Crippen LogP contribution in [0.4, 0.5) is 5.82 Å². The summed E-state index contributed by atoms with van der Waals surface area (Å²) in [6.07, 6.45) is -0.217. The summed E-state index contributed by atoms with van der Waals surface area (Å²) >= 11 is 0. The maximum absolute atomic E-state index is 12.0. The van der Waals surface area contributed by atoms with Crippen LogP contribution in [0.1, 0.15) is 51.9 Å². The summed E-state index contributed by atoms with van der Waals surface area (Å²) in [5, 5.41) is 3.43. The first-order chi connectivity index (χ1) is 17.8. The number of rotatable bonds is 9. The van der Waals surface area contributed by atoms with Gasteiger partial charge in [0.25, 0.3) is 0 Å². The Morgan fingerprint density at radius 2 is 1.70 bits per heavy atom. The van der Waals surface area contributed by atoms with Gasteiger partial charge in [0.1, 0.15) is 19.0 Å². The van der Waals surface area contributed by atoms with Crippen LogP contribution in [0.3, 0.4) is 0 Å². The number of nitrogens with zero attached hydrogens (tertiary/aromatic N) is 4. The number of hydrogen-bond acceptors (Lipinski definition) is 11. The molecule has 1 saturated heterocycles. The molecule has 1 aliphatic heterocycles. The summed E-state index contributed by atoms with van der Waals surface area (Å²) in [5.74, 6) is -1.21. The molecule has 0 bridgehead atoms. The standard InChI is InChI=1S/C25H29N5O7/c1-5-18(17-9-7-6-8-10-17)29-23-20-24(27-12-26-23)30(13-28-20)25-22(36-16(4)33)21(35-15(3)32)19(37-25)11-34-14(2)31/h6-10,12-13,18-19,21-22,25H,5,11H2,1-4H3,(H,26,27,29)/t18-,19?,21?,22?,25?/m1/s1. The van der Waals surface area contributed by atoms with Crippen molar-refractivity contribution in [1.82, 2.24) is 19.5 Å². The molecule has 1 N–H and O–H groups in total. The van der Waals surface area contributed by atoms with Crippen LogP contribution in [0, 0.1) is 0 Å². The molecule has 1 aliphatic rings. The van der Waals surface area contributed by atoms with Crippen molar-refractivity contribution in [2.45, 2.75) is 64.7 Å². The summed E-state index contributed by atoms with van der Waals surface area (Å²) in [4.78, 5) is 48.5. The van der Waals surface area contributed by atoms with Crippen LogP contribution in [0.5, 0.6) is 0 Å². The van der Waals surface area contributed by atoms with E-state index in [1.54, 1.807) is 4.57 Å². The van der Waals surface area contributed by atoms with Crippen molar-refractivity contribution < 1.29 is 33.3 Å². The third kappa shape index (κ3) is 5.85. The molecule has 5 atom stereocenters. The zero-order valence-electron chi connectivity index (χ0n) is 21.0. The molecule has 0 saturated carbocycles. The minimum absolute atomic E-state index is 0.0116. The van der Waals surface area contributed by atoms with Gasteiger partial charge in [-0.3, -0.25) is 19.0 Å². The van der Waals surface area contributed by atoms with Crippen LogP contribution in [0.25, 0.3) is 11.2 Å². The van der Waals surface area contributed by atoms with E-state index in [-0.39, 0.29) is 12.6 Å². The Morgan fingerprint density at radius 1 is 1.00 bits per heavy atom. The SMILES string of the molecule is CC[C@@H](Nc1ncnc2c1ncn2C1OC(COC(C)=O)C(OC(C)=O)C1OC(C)=O)c1ccccc1. The number of nitrogens with one attached hydrogen (secondary N) is 1. The number of imidazole rings is 1. The molecule has 4 rings (SSSR count). The van der Waals surface area contributed by atoms with Crippen LogP contribution in [0.15, 0.2) is 43.0 Å². The van der Waals surface area contributed by atoms with Crippen molar-refractivity contribution in [2.75, 3.05) is 11.9 Å². The van der Waals surface area contributed by atoms with Crippen LogP contribution >= 0.6 is 0 Å². The Bertz CT molecular complexity index is 1260. The molecule has 0 radical (unpaired) electrons. The van der Waals surface area contributed by atoms with Crippen molar-refractivity contribution in [3.8, 4) is 0 Å². The Kier molecular flexibility index (Phi) is 7.97. The molecule has 2 aromatic heterocycles.